The van der Waals surface area contributed by atoms with E-state index in [0.717, 1.165) is 0 Å². The quantitative estimate of drug-likeness (QED) is 0.136. The van der Waals surface area contributed by atoms with Gasteiger partial charge in [-0.2, -0.15) is 0 Å². The number of methoxy groups -OCH3 is 1. The maximum atomic E-state index is 10.6. The van der Waals surface area contributed by atoms with Crippen LogP contribution in [0, 0.1) is 5.92 Å². The molecule has 0 bridgehead atoms. The topological polar surface area (TPSA) is 186 Å². The first-order valence-corrected chi connectivity index (χ1v) is 11.7. The van der Waals surface area contributed by atoms with E-state index in [1.165, 1.54) is 44.1 Å². The van der Waals surface area contributed by atoms with E-state index in [-0.39, 0.29) is 32.3 Å². The molecule has 3 N–H and O–H groups in total. The maximum Gasteiger partial charge on any atom is 0.341 e. The summed E-state index contributed by atoms with van der Waals surface area (Å²) in [5.41, 5.74) is 0. The summed E-state index contributed by atoms with van der Waals surface area (Å²) in [7, 11) is 1.45. The molecule has 216 valence electrons. The standard InChI is InChI=1S/C24H36O14/c1-3-17-18(13-32-7-4-8-33-14-19(25)26)38-24(31-2)23(37-12-6-10-35-16-21(29)30)22(17)36-11-5-9-34-15-20(27)28/h4-6,8-10,17-18,22-24H,3,7,11-16H2,1-2H3,(H,25,26)(H,27,28)(H,29,30)/b8-4+,9-5+,10-6+/t17-,18?,22+,23?,24-/m1/s1. The number of aliphatic carboxylic acids is 3. The molecule has 1 rings (SSSR count). The van der Waals surface area contributed by atoms with Crippen molar-refractivity contribution < 1.29 is 67.6 Å². The van der Waals surface area contributed by atoms with Crippen LogP contribution in [0.25, 0.3) is 0 Å². The van der Waals surface area contributed by atoms with E-state index in [1.807, 2.05) is 6.92 Å². The van der Waals surface area contributed by atoms with Gasteiger partial charge in [0.1, 0.15) is 6.10 Å². The van der Waals surface area contributed by atoms with Crippen molar-refractivity contribution in [3.63, 3.8) is 0 Å². The largest absolute Gasteiger partial charge is 0.490 e. The van der Waals surface area contributed by atoms with Crippen LogP contribution in [-0.4, -0.2) is 111 Å². The molecule has 0 aliphatic carbocycles. The highest BCUT2D eigenvalue weighted by molar-refractivity contribution is 5.68. The normalized spacial score (nSPS) is 23.7. The Hall–Kier alpha value is -3.17. The van der Waals surface area contributed by atoms with Crippen LogP contribution >= 0.6 is 0 Å². The highest BCUT2D eigenvalue weighted by atomic mass is 16.7. The Morgan fingerprint density at radius 3 is 1.68 bits per heavy atom. The average molecular weight is 549 g/mol. The van der Waals surface area contributed by atoms with Crippen molar-refractivity contribution in [2.75, 3.05) is 53.4 Å². The monoisotopic (exact) mass is 548 g/mol. The van der Waals surface area contributed by atoms with Crippen molar-refractivity contribution in [1.29, 1.82) is 0 Å². The fourth-order valence-corrected chi connectivity index (χ4v) is 3.47. The lowest BCUT2D eigenvalue weighted by Crippen LogP contribution is -2.58. The smallest absolute Gasteiger partial charge is 0.341 e. The van der Waals surface area contributed by atoms with Crippen LogP contribution < -0.4 is 0 Å². The molecular weight excluding hydrogens is 512 g/mol. The average Bonchev–Trinajstić information content (AvgIpc) is 2.87. The van der Waals surface area contributed by atoms with Gasteiger partial charge in [0, 0.05) is 13.0 Å². The molecule has 14 nitrogen and oxygen atoms in total. The minimum absolute atomic E-state index is 0.0592. The molecule has 1 heterocycles. The van der Waals surface area contributed by atoms with Crippen LogP contribution in [0.5, 0.6) is 0 Å². The molecule has 0 saturated carbocycles. The summed E-state index contributed by atoms with van der Waals surface area (Å²) >= 11 is 0. The molecule has 0 aromatic heterocycles. The number of rotatable bonds is 21. The van der Waals surface area contributed by atoms with E-state index < -0.39 is 62.3 Å². The van der Waals surface area contributed by atoms with E-state index in [4.69, 9.17) is 53.2 Å². The van der Waals surface area contributed by atoms with E-state index >= 15 is 0 Å². The maximum absolute atomic E-state index is 10.6. The molecule has 0 amide bonds. The molecule has 1 saturated heterocycles. The molecule has 0 spiro atoms. The summed E-state index contributed by atoms with van der Waals surface area (Å²) in [6.45, 7) is 1.02. The van der Waals surface area contributed by atoms with E-state index in [0.29, 0.717) is 6.42 Å². The van der Waals surface area contributed by atoms with E-state index in [9.17, 15) is 14.4 Å². The molecular formula is C24H36O14. The van der Waals surface area contributed by atoms with Crippen molar-refractivity contribution in [3.05, 3.63) is 37.0 Å². The van der Waals surface area contributed by atoms with Crippen LogP contribution in [0.2, 0.25) is 0 Å². The molecule has 1 aliphatic rings. The molecule has 38 heavy (non-hydrogen) atoms. The van der Waals surface area contributed by atoms with Crippen LogP contribution in [0.1, 0.15) is 13.3 Å². The van der Waals surface area contributed by atoms with Gasteiger partial charge >= 0.3 is 17.9 Å². The molecule has 0 radical (unpaired) electrons. The van der Waals surface area contributed by atoms with Crippen LogP contribution in [0.3, 0.4) is 0 Å². The number of ether oxygens (including phenoxy) is 8. The summed E-state index contributed by atoms with van der Waals surface area (Å²) in [5, 5.41) is 25.9. The van der Waals surface area contributed by atoms with Crippen molar-refractivity contribution in [3.8, 4) is 0 Å². The molecule has 1 aliphatic heterocycles. The second kappa shape index (κ2) is 19.9. The van der Waals surface area contributed by atoms with Crippen molar-refractivity contribution in [1.82, 2.24) is 0 Å². The molecule has 14 heteroatoms. The summed E-state index contributed by atoms with van der Waals surface area (Å²) in [6.07, 6.45) is 6.41. The summed E-state index contributed by atoms with van der Waals surface area (Å²) < 4.78 is 43.8. The Bertz CT molecular complexity index is 780. The first-order valence-electron chi connectivity index (χ1n) is 11.7. The Kier molecular flexibility index (Phi) is 17.2. The lowest BCUT2D eigenvalue weighted by Gasteiger charge is -2.45. The fraction of sp³-hybridized carbons (Fsp3) is 0.625. The third-order valence-corrected chi connectivity index (χ3v) is 4.97. The second-order valence-corrected chi connectivity index (χ2v) is 7.71. The van der Waals surface area contributed by atoms with Gasteiger partial charge in [0.05, 0.1) is 57.4 Å². The molecule has 0 aromatic carbocycles. The Morgan fingerprint density at radius 2 is 1.24 bits per heavy atom. The lowest BCUT2D eigenvalue weighted by atomic mass is 9.86. The molecule has 5 atom stereocenters. The van der Waals surface area contributed by atoms with Gasteiger partial charge in [-0.25, -0.2) is 14.4 Å². The predicted molar refractivity (Wildman–Crippen MR) is 128 cm³/mol. The zero-order valence-corrected chi connectivity index (χ0v) is 21.3. The first-order chi connectivity index (χ1) is 18.3. The molecule has 1 fully saturated rings. The first kappa shape index (κ1) is 32.9. The van der Waals surface area contributed by atoms with Gasteiger partial charge in [-0.05, 0) is 24.6 Å². The van der Waals surface area contributed by atoms with Gasteiger partial charge in [-0.15, -0.1) is 0 Å². The van der Waals surface area contributed by atoms with Crippen molar-refractivity contribution >= 4 is 17.9 Å². The van der Waals surface area contributed by atoms with Gasteiger partial charge in [-0.1, -0.05) is 6.92 Å². The third kappa shape index (κ3) is 13.9. The van der Waals surface area contributed by atoms with Crippen LogP contribution in [-0.2, 0) is 52.3 Å². The van der Waals surface area contributed by atoms with E-state index in [2.05, 4.69) is 0 Å². The number of carboxylic acid groups (broad SMARTS) is 3. The lowest BCUT2D eigenvalue weighted by molar-refractivity contribution is -0.298. The minimum atomic E-state index is -1.10. The SMILES string of the molecule is CC[C@@H]1C(COC/C=C/OCC(=O)O)O[C@@H](OC)C(OC/C=C/OCC(=O)O)[C@H]1OC/C=C/OCC(=O)O. The van der Waals surface area contributed by atoms with Gasteiger partial charge in [0.25, 0.3) is 0 Å². The summed E-state index contributed by atoms with van der Waals surface area (Å²) in [5.74, 6) is -3.49. The molecule has 2 unspecified atom stereocenters. The fourth-order valence-electron chi connectivity index (χ4n) is 3.47. The third-order valence-electron chi connectivity index (χ3n) is 4.97. The predicted octanol–water partition coefficient (Wildman–Crippen LogP) is 1.02. The van der Waals surface area contributed by atoms with E-state index in [1.54, 1.807) is 0 Å². The Morgan fingerprint density at radius 1 is 0.763 bits per heavy atom. The highest BCUT2D eigenvalue weighted by Gasteiger charge is 2.46. The zero-order chi connectivity index (χ0) is 28.2. The van der Waals surface area contributed by atoms with Gasteiger partial charge in [-0.3, -0.25) is 0 Å². The van der Waals surface area contributed by atoms with Crippen LogP contribution in [0.4, 0.5) is 0 Å². The van der Waals surface area contributed by atoms with Crippen molar-refractivity contribution in [2.45, 2.75) is 37.9 Å². The minimum Gasteiger partial charge on any atom is -0.490 e. The number of carboxylic acids is 3. The Labute approximate surface area is 220 Å². The van der Waals surface area contributed by atoms with Gasteiger partial charge in [0.15, 0.2) is 26.1 Å². The number of hydrogen-bond acceptors (Lipinski definition) is 11. The number of carbonyl (C=O) groups is 3. The van der Waals surface area contributed by atoms with Gasteiger partial charge < -0.3 is 53.2 Å². The molecule has 0 aromatic rings. The Balaban J connectivity index is 2.83. The second-order valence-electron chi connectivity index (χ2n) is 7.71. The summed E-state index contributed by atoms with van der Waals surface area (Å²) in [4.78, 5) is 31.6. The summed E-state index contributed by atoms with van der Waals surface area (Å²) in [6, 6.07) is 0. The van der Waals surface area contributed by atoms with Crippen molar-refractivity contribution in [2.24, 2.45) is 5.92 Å². The zero-order valence-electron chi connectivity index (χ0n) is 21.3. The highest BCUT2D eigenvalue weighted by Crippen LogP contribution is 2.33. The van der Waals surface area contributed by atoms with Gasteiger partial charge in [0.2, 0.25) is 0 Å². The van der Waals surface area contributed by atoms with Crippen LogP contribution in [0.15, 0.2) is 37.0 Å². The number of hydrogen-bond donors (Lipinski definition) is 3.